The molecule has 0 radical (unpaired) electrons. The fourth-order valence-electron chi connectivity index (χ4n) is 3.06. The topological polar surface area (TPSA) is 58.6 Å². The van der Waals surface area contributed by atoms with Gasteiger partial charge >= 0.3 is 0 Å². The zero-order valence-corrected chi connectivity index (χ0v) is 14.9. The van der Waals surface area contributed by atoms with Gasteiger partial charge in [-0.2, -0.15) is 0 Å². The van der Waals surface area contributed by atoms with Crippen molar-refractivity contribution in [3.05, 3.63) is 48.4 Å². The second-order valence-corrected chi connectivity index (χ2v) is 6.54. The minimum absolute atomic E-state index is 0.00653. The number of pyridine rings is 2. The van der Waals surface area contributed by atoms with Crippen molar-refractivity contribution in [3.63, 3.8) is 0 Å². The first kappa shape index (κ1) is 17.2. The van der Waals surface area contributed by atoms with Gasteiger partial charge in [0, 0.05) is 45.7 Å². The molecular formula is C19H24N4O2. The molecule has 2 aromatic heterocycles. The summed E-state index contributed by atoms with van der Waals surface area (Å²) in [6.07, 6.45) is 6.05. The van der Waals surface area contributed by atoms with E-state index in [4.69, 9.17) is 4.74 Å². The summed E-state index contributed by atoms with van der Waals surface area (Å²) in [5, 5.41) is 0. The Bertz CT molecular complexity index is 720. The van der Waals surface area contributed by atoms with Crippen LogP contribution in [0.4, 0.5) is 5.82 Å². The Morgan fingerprint density at radius 2 is 2.12 bits per heavy atom. The fourth-order valence-corrected chi connectivity index (χ4v) is 3.06. The highest BCUT2D eigenvalue weighted by Crippen LogP contribution is 2.27. The van der Waals surface area contributed by atoms with E-state index in [2.05, 4.69) is 9.97 Å². The highest BCUT2D eigenvalue weighted by atomic mass is 16.5. The number of nitrogens with zero attached hydrogens (tertiary/aromatic N) is 4. The first-order valence-electron chi connectivity index (χ1n) is 8.54. The van der Waals surface area contributed by atoms with Crippen LogP contribution in [0.5, 0.6) is 5.75 Å². The Hall–Kier alpha value is -2.63. The van der Waals surface area contributed by atoms with E-state index < -0.39 is 0 Å². The van der Waals surface area contributed by atoms with Crippen molar-refractivity contribution in [1.29, 1.82) is 0 Å². The molecule has 1 aliphatic rings. The second-order valence-electron chi connectivity index (χ2n) is 6.54. The van der Waals surface area contributed by atoms with E-state index in [0.717, 1.165) is 23.6 Å². The normalized spacial score (nSPS) is 18.0. The molecule has 3 rings (SSSR count). The third-order valence-electron chi connectivity index (χ3n) is 4.48. The Morgan fingerprint density at radius 3 is 2.84 bits per heavy atom. The molecule has 0 spiro atoms. The van der Waals surface area contributed by atoms with E-state index in [0.29, 0.717) is 13.1 Å². The average molecular weight is 340 g/mol. The van der Waals surface area contributed by atoms with Crippen LogP contribution in [0.2, 0.25) is 0 Å². The third-order valence-corrected chi connectivity index (χ3v) is 4.48. The molecule has 1 saturated heterocycles. The van der Waals surface area contributed by atoms with Crippen LogP contribution >= 0.6 is 0 Å². The molecule has 0 saturated carbocycles. The van der Waals surface area contributed by atoms with Gasteiger partial charge < -0.3 is 14.5 Å². The van der Waals surface area contributed by atoms with Crippen molar-refractivity contribution < 1.29 is 9.53 Å². The van der Waals surface area contributed by atoms with Gasteiger partial charge in [0.2, 0.25) is 5.91 Å². The number of rotatable bonds is 5. The Morgan fingerprint density at radius 1 is 1.32 bits per heavy atom. The predicted octanol–water partition coefficient (Wildman–Crippen LogP) is 2.33. The predicted molar refractivity (Wildman–Crippen MR) is 96.8 cm³/mol. The molecule has 0 aromatic carbocycles. The van der Waals surface area contributed by atoms with Crippen molar-refractivity contribution in [1.82, 2.24) is 14.9 Å². The zero-order chi connectivity index (χ0) is 17.8. The number of anilines is 1. The van der Waals surface area contributed by atoms with E-state index in [-0.39, 0.29) is 17.9 Å². The summed E-state index contributed by atoms with van der Waals surface area (Å²) in [5.74, 6) is 1.49. The van der Waals surface area contributed by atoms with Crippen LogP contribution in [-0.4, -0.2) is 54.1 Å². The van der Waals surface area contributed by atoms with Crippen LogP contribution in [0.3, 0.4) is 0 Å². The van der Waals surface area contributed by atoms with Gasteiger partial charge in [0.05, 0.1) is 12.5 Å². The number of carbonyl (C=O) groups is 1. The van der Waals surface area contributed by atoms with Crippen LogP contribution in [0.1, 0.15) is 24.8 Å². The highest BCUT2D eigenvalue weighted by molar-refractivity contribution is 5.83. The number of hydrogen-bond donors (Lipinski definition) is 0. The van der Waals surface area contributed by atoms with Gasteiger partial charge in [0.25, 0.3) is 0 Å². The number of ether oxygens (including phenoxy) is 1. The summed E-state index contributed by atoms with van der Waals surface area (Å²) in [6.45, 7) is 3.25. The third kappa shape index (κ3) is 3.90. The smallest absolute Gasteiger partial charge is 0.230 e. The lowest BCUT2D eigenvalue weighted by atomic mass is 10.0. The molecule has 2 aromatic rings. The molecular weight excluding hydrogens is 316 g/mol. The molecule has 2 atom stereocenters. The van der Waals surface area contributed by atoms with Crippen LogP contribution in [0.15, 0.2) is 42.9 Å². The van der Waals surface area contributed by atoms with Gasteiger partial charge in [0.1, 0.15) is 6.10 Å². The number of carbonyl (C=O) groups excluding carboxylic acids is 1. The van der Waals surface area contributed by atoms with Crippen LogP contribution in [-0.2, 0) is 4.79 Å². The summed E-state index contributed by atoms with van der Waals surface area (Å²) in [5.41, 5.74) is 0.944. The van der Waals surface area contributed by atoms with E-state index >= 15 is 0 Å². The van der Waals surface area contributed by atoms with Gasteiger partial charge in [-0.25, -0.2) is 4.98 Å². The van der Waals surface area contributed by atoms with Gasteiger partial charge in [-0.15, -0.1) is 0 Å². The van der Waals surface area contributed by atoms with Crippen LogP contribution < -0.4 is 9.64 Å². The van der Waals surface area contributed by atoms with Crippen molar-refractivity contribution in [3.8, 4) is 5.75 Å². The number of likely N-dealkylation sites (tertiary alicyclic amines) is 1. The number of aromatic nitrogens is 2. The minimum Gasteiger partial charge on any atom is -0.485 e. The lowest BCUT2D eigenvalue weighted by Gasteiger charge is -2.22. The van der Waals surface area contributed by atoms with Crippen molar-refractivity contribution >= 4 is 11.7 Å². The maximum Gasteiger partial charge on any atom is 0.230 e. The summed E-state index contributed by atoms with van der Waals surface area (Å²) in [7, 11) is 3.88. The maximum atomic E-state index is 12.7. The first-order valence-corrected chi connectivity index (χ1v) is 8.54. The number of amides is 1. The Kier molecular flexibility index (Phi) is 5.16. The van der Waals surface area contributed by atoms with Gasteiger partial charge in [0.15, 0.2) is 11.6 Å². The molecule has 25 heavy (non-hydrogen) atoms. The molecule has 0 bridgehead atoms. The van der Waals surface area contributed by atoms with Crippen LogP contribution in [0.25, 0.3) is 0 Å². The van der Waals surface area contributed by atoms with Crippen LogP contribution in [0, 0.1) is 0 Å². The first-order chi connectivity index (χ1) is 12.1. The fraction of sp³-hybridized carbons (Fsp3) is 0.421. The molecule has 2 unspecified atom stereocenters. The molecule has 6 heteroatoms. The molecule has 0 aliphatic carbocycles. The summed E-state index contributed by atoms with van der Waals surface area (Å²) in [4.78, 5) is 25.0. The average Bonchev–Trinajstić information content (AvgIpc) is 3.10. The molecule has 1 aliphatic heterocycles. The summed E-state index contributed by atoms with van der Waals surface area (Å²) in [6, 6.07) is 7.59. The largest absolute Gasteiger partial charge is 0.485 e. The standard InChI is InChI=1S/C19H24N4O2/c1-14(15-6-4-9-20-12-15)19(24)23-11-8-16(13-23)25-17-7-5-10-21-18(17)22(2)3/h4-7,9-10,12,14,16H,8,11,13H2,1-3H3. The highest BCUT2D eigenvalue weighted by Gasteiger charge is 2.31. The van der Waals surface area contributed by atoms with Gasteiger partial charge in [-0.3, -0.25) is 9.78 Å². The molecule has 6 nitrogen and oxygen atoms in total. The Labute approximate surface area is 148 Å². The van der Waals surface area contributed by atoms with Gasteiger partial charge in [-0.1, -0.05) is 6.07 Å². The molecule has 1 amide bonds. The second kappa shape index (κ2) is 7.51. The summed E-state index contributed by atoms with van der Waals surface area (Å²) < 4.78 is 6.12. The lowest BCUT2D eigenvalue weighted by Crippen LogP contribution is -2.34. The zero-order valence-electron chi connectivity index (χ0n) is 14.9. The van der Waals surface area contributed by atoms with E-state index in [1.54, 1.807) is 18.6 Å². The van der Waals surface area contributed by atoms with Crippen molar-refractivity contribution in [2.75, 3.05) is 32.1 Å². The quantitative estimate of drug-likeness (QED) is 0.836. The minimum atomic E-state index is -0.192. The lowest BCUT2D eigenvalue weighted by molar-refractivity contribution is -0.131. The number of hydrogen-bond acceptors (Lipinski definition) is 5. The molecule has 3 heterocycles. The van der Waals surface area contributed by atoms with Crippen molar-refractivity contribution in [2.45, 2.75) is 25.4 Å². The van der Waals surface area contributed by atoms with Gasteiger partial charge in [-0.05, 0) is 30.7 Å². The monoisotopic (exact) mass is 340 g/mol. The Balaban J connectivity index is 1.63. The maximum absolute atomic E-state index is 12.7. The molecule has 1 fully saturated rings. The van der Waals surface area contributed by atoms with E-state index in [1.807, 2.05) is 55.1 Å². The van der Waals surface area contributed by atoms with Crippen molar-refractivity contribution in [2.24, 2.45) is 0 Å². The van der Waals surface area contributed by atoms with E-state index in [9.17, 15) is 4.79 Å². The molecule has 0 N–H and O–H groups in total. The molecule has 132 valence electrons. The SMILES string of the molecule is CC(C(=O)N1CCC(Oc2cccnc2N(C)C)C1)c1cccnc1. The summed E-state index contributed by atoms with van der Waals surface area (Å²) >= 11 is 0. The van der Waals surface area contributed by atoms with E-state index in [1.165, 1.54) is 0 Å².